The predicted molar refractivity (Wildman–Crippen MR) is 529 cm³/mol. The Bertz CT molecular complexity index is 4990. The predicted octanol–water partition coefficient (Wildman–Crippen LogP) is 17.2. The van der Waals surface area contributed by atoms with Crippen molar-refractivity contribution in [2.75, 3.05) is 51.8 Å². The number of fused-ring (bicyclic) bond motifs is 2. The number of H-pyrrole nitrogens is 1. The fourth-order valence-corrected chi connectivity index (χ4v) is 22.6. The number of carbonyl (C=O) groups excluding carboxylic acids is 2. The number of amides is 2. The highest BCUT2D eigenvalue weighted by Crippen LogP contribution is 2.56. The van der Waals surface area contributed by atoms with Crippen LogP contribution in [0.4, 0.5) is 17.6 Å². The standard InChI is InChI=1S/C32H48N7O5PSi.C28H48N7O5PSi.C26H46N5O6PSi.3CH4O/c1-21(2)39(22(3)4)45(41-18-14-17-33)43-26-23(5)42-31(27(26)44-46(9,10)32(6,7)8)38-20-36-25-28(34-19-35-29(25)38)37-30(40)24-15-12-11-13-16-24;1-17(2)31-27-32-24-21(25(36)33-27)30-16-34(24)26-23(40-42(11,12)28(8,9)10)22(20(7)38-26)39-41(37-15-13-14-29)35(18(3)4)19(5)6;1-17(2)31(18(3)4)38(34-16-12-14-27)36-22-19(5)35-24(23(22)37-39(10,11)26(7,8)9)30-15-13-21(28-20(6)32)29-25(30)33;3*1-2/h11-13,15-16,19-23,26-27,31H,14,18H2,1-10H3,(H,34,35,37,40);16,18-20,22-23,26H,13,15H2,1-12H3,(H,32,33,36);13,15,17-19,22-24H,12,16H2,1-11H3,(H,28,29,32,33);3*2H,1H3/t23-,26?,27+,31-,45?;20-,22?,23+,26-,41?;19-,22?,23+,24-,38?;;;/m111.../s1/i5D;7D;5D;3*2T. The number of hydrogen-bond acceptors (Lipinski definition) is 32. The Kier molecular flexibility index (Phi) is 43.5. The van der Waals surface area contributed by atoms with E-state index in [0.29, 0.717) is 22.4 Å². The zero-order chi connectivity index (χ0) is 105. The highest BCUT2D eigenvalue weighted by atomic mass is 31.2. The first kappa shape index (κ1) is 108. The van der Waals surface area contributed by atoms with Gasteiger partial charge in [0.1, 0.15) is 48.8 Å². The third kappa shape index (κ3) is 32.2. The first-order valence-corrected chi connectivity index (χ1v) is 56.6. The molecule has 8 heterocycles. The van der Waals surface area contributed by atoms with E-state index in [1.54, 1.807) is 39.7 Å². The van der Waals surface area contributed by atoms with Crippen molar-refractivity contribution in [3.63, 3.8) is 0 Å². The number of benzene rings is 1. The molecule has 44 heteroatoms. The Morgan fingerprint density at radius 2 is 0.910 bits per heavy atom. The van der Waals surface area contributed by atoms with E-state index in [-0.39, 0.29) is 146 Å². The number of aliphatic hydroxyl groups is 3. The Balaban J connectivity index is 0.000000418. The van der Waals surface area contributed by atoms with Gasteiger partial charge in [0.05, 0.1) is 88.3 Å². The van der Waals surface area contributed by atoms with Crippen LogP contribution in [0.15, 0.2) is 76.2 Å². The molecule has 133 heavy (non-hydrogen) atoms. The number of aromatic nitrogens is 10. The van der Waals surface area contributed by atoms with Crippen LogP contribution in [0.1, 0.15) is 239 Å². The summed E-state index contributed by atoms with van der Waals surface area (Å²) in [5.74, 6) is -0.0801. The van der Waals surface area contributed by atoms with Gasteiger partial charge in [0.15, 0.2) is 71.8 Å². The molecule has 3 aliphatic heterocycles. The van der Waals surface area contributed by atoms with Crippen LogP contribution in [0, 0.1) is 34.0 Å². The summed E-state index contributed by atoms with van der Waals surface area (Å²) in [6.45, 7) is 62.3. The molecule has 5 aromatic heterocycles. The van der Waals surface area contributed by atoms with Crippen LogP contribution in [-0.2, 0) is 59.4 Å². The van der Waals surface area contributed by atoms with Crippen LogP contribution in [-0.4, -0.2) is 257 Å². The molecule has 746 valence electrons. The lowest BCUT2D eigenvalue weighted by molar-refractivity contribution is -0.114. The molecular formula is C89H154N19O19P3Si3. The molecule has 2 amide bonds. The van der Waals surface area contributed by atoms with Crippen molar-refractivity contribution in [2.45, 2.75) is 370 Å². The zero-order valence-electron chi connectivity index (χ0n) is 90.3. The molecule has 6 unspecified atom stereocenters. The molecule has 9 rings (SSSR count). The van der Waals surface area contributed by atoms with Crippen LogP contribution in [0.5, 0.6) is 0 Å². The largest absolute Gasteiger partial charge is 0.407 e. The summed E-state index contributed by atoms with van der Waals surface area (Å²) >= 11 is 0. The first-order chi connectivity index (χ1) is 65.0. The fraction of sp³-hybridized carbons (Fsp3) is 0.708. The van der Waals surface area contributed by atoms with Gasteiger partial charge in [-0.1, -0.05) is 80.5 Å². The summed E-state index contributed by atoms with van der Waals surface area (Å²) in [6, 6.07) is 17.3. The maximum absolute atomic E-state index is 13.1. The quantitative estimate of drug-likeness (QED) is 0.00913. The molecular weight excluding hydrogens is 1820 g/mol. The van der Waals surface area contributed by atoms with Crippen molar-refractivity contribution in [2.24, 2.45) is 4.99 Å². The lowest BCUT2D eigenvalue weighted by atomic mass is 10.1. The summed E-state index contributed by atoms with van der Waals surface area (Å²) in [7, 11) is -8.38. The van der Waals surface area contributed by atoms with Crippen LogP contribution in [0.2, 0.25) is 54.4 Å². The molecule has 0 saturated carbocycles. The van der Waals surface area contributed by atoms with E-state index in [9.17, 15) is 29.7 Å². The van der Waals surface area contributed by atoms with Gasteiger partial charge in [-0.3, -0.25) is 33.1 Å². The molecule has 3 aliphatic rings. The number of carbonyl (C=O) groups is 2. The average Bonchev–Trinajstić information content (AvgIpc) is 1.61. The Morgan fingerprint density at radius 3 is 1.24 bits per heavy atom. The number of rotatable bonds is 37. The number of aliphatic hydroxyl groups excluding tert-OH is 3. The lowest BCUT2D eigenvalue weighted by Crippen LogP contribution is -2.50. The fourth-order valence-electron chi connectivity index (χ4n) is 13.4. The highest BCUT2D eigenvalue weighted by Gasteiger charge is 2.56. The minimum Gasteiger partial charge on any atom is -0.407 e. The van der Waals surface area contributed by atoms with Gasteiger partial charge in [0.2, 0.25) is 16.1 Å². The van der Waals surface area contributed by atoms with E-state index in [4.69, 9.17) is 68.3 Å². The van der Waals surface area contributed by atoms with E-state index in [1.165, 1.54) is 57.7 Å². The van der Waals surface area contributed by atoms with Gasteiger partial charge in [-0.05, 0) is 190 Å². The molecule has 0 radical (unpaired) electrons. The van der Waals surface area contributed by atoms with E-state index in [2.05, 4.69) is 255 Å². The molecule has 0 bridgehead atoms. The molecule has 6 N–H and O–H groups in total. The van der Waals surface area contributed by atoms with Gasteiger partial charge < -0.3 is 80.6 Å². The van der Waals surface area contributed by atoms with Crippen molar-refractivity contribution in [1.29, 1.82) is 20.1 Å². The summed E-state index contributed by atoms with van der Waals surface area (Å²) < 4.78 is 133. The first-order valence-electron chi connectivity index (χ1n) is 47.8. The van der Waals surface area contributed by atoms with Crippen LogP contribution < -0.4 is 21.9 Å². The normalized spacial score (nSPS) is 21.9. The second-order valence-electron chi connectivity index (χ2n) is 37.9. The Labute approximate surface area is 803 Å². The van der Waals surface area contributed by atoms with Crippen LogP contribution in [0.3, 0.4) is 0 Å². The molecule has 15 atom stereocenters. The monoisotopic (exact) mass is 1980 g/mol. The van der Waals surface area contributed by atoms with Gasteiger partial charge in [-0.15, -0.1) is 0 Å². The summed E-state index contributed by atoms with van der Waals surface area (Å²) in [5.41, 5.74) is 1.49. The van der Waals surface area contributed by atoms with Gasteiger partial charge in [0, 0.05) is 86.1 Å². The van der Waals surface area contributed by atoms with Gasteiger partial charge in [-0.2, -0.15) is 25.8 Å². The van der Waals surface area contributed by atoms with Gasteiger partial charge >= 0.3 is 5.69 Å². The number of nitriles is 3. The number of imidazole rings is 2. The van der Waals surface area contributed by atoms with Crippen molar-refractivity contribution < 1.29 is 83.7 Å². The summed E-state index contributed by atoms with van der Waals surface area (Å²) in [5, 5.41) is 43.0. The minimum absolute atomic E-state index is 0.0775. The second-order valence-corrected chi connectivity index (χ2v) is 56.4. The molecule has 6 aromatic rings. The zero-order valence-corrected chi connectivity index (χ0v) is 90.0. The SMILES string of the molecule is [2H]C[C@H]1O[C@@H](n2ccc(NC(C)=O)nc2=O)[C@@H](O[Si](C)(C)C(C)(C)C)C1OP(OCCC#N)N(C(C)C)C(C)C.[2H]C[C@H]1O[C@@H](n2cnc3c(=O)[nH]c(N=C(C)C)nc32)[C@@H](O[Si](C)(C)C(C)(C)C)C1OP(OCCC#N)N(C(C)C)C(C)C.[2H]C[C@H]1O[C@@H](n2cnc3c(NC(=O)c4ccccc4)ncnc32)[C@@H](O[Si](C)(C)C(C)(C)C)C1OP(OCCC#N)N(C(C)C)C(C)C.[3H]OC.[3H]OC.[3H]OC. The molecule has 0 aliphatic carbocycles. The van der Waals surface area contributed by atoms with E-state index >= 15 is 0 Å². The highest BCUT2D eigenvalue weighted by molar-refractivity contribution is 7.45. The number of nitrogens with one attached hydrogen (secondary N) is 3. The smallest absolute Gasteiger partial charge is 0.351 e. The summed E-state index contributed by atoms with van der Waals surface area (Å²) in [4.78, 5) is 83.9. The molecule has 38 nitrogen and oxygen atoms in total. The molecule has 0 spiro atoms. The molecule has 3 fully saturated rings. The molecule has 1 aromatic carbocycles. The van der Waals surface area contributed by atoms with E-state index < -0.39 is 135 Å². The lowest BCUT2D eigenvalue weighted by Gasteiger charge is -2.42. The van der Waals surface area contributed by atoms with Gasteiger partial charge in [-0.25, -0.2) is 43.7 Å². The number of hydrogen-bond donors (Lipinski definition) is 6. The van der Waals surface area contributed by atoms with E-state index in [1.807, 2.05) is 47.6 Å². The maximum atomic E-state index is 13.1. The Morgan fingerprint density at radius 1 is 0.549 bits per heavy atom. The number of ether oxygens (including phenoxy) is 3. The number of nitrogens with zero attached hydrogens (tertiary/aromatic N) is 16. The average molecular weight is 1980 g/mol. The number of aromatic amines is 1. The minimum atomic E-state index is -2.44. The third-order valence-corrected chi connectivity index (χ3v) is 42.3. The van der Waals surface area contributed by atoms with Gasteiger partial charge in [0.25, 0.3) is 37.0 Å². The van der Waals surface area contributed by atoms with Crippen LogP contribution in [0.25, 0.3) is 22.3 Å². The van der Waals surface area contributed by atoms with Crippen molar-refractivity contribution in [3.05, 3.63) is 88.0 Å². The van der Waals surface area contributed by atoms with Crippen molar-refractivity contribution in [3.8, 4) is 18.2 Å². The topological polar surface area (TPSA) is 465 Å². The second kappa shape index (κ2) is 53.5. The maximum Gasteiger partial charge on any atom is 0.351 e. The number of aliphatic imine (C=N–C) groups is 1. The number of anilines is 2. The third-order valence-electron chi connectivity index (χ3n) is 22.5. The van der Waals surface area contributed by atoms with Crippen LogP contribution >= 0.6 is 25.6 Å². The van der Waals surface area contributed by atoms with E-state index in [0.717, 1.165) is 5.71 Å². The molecule has 3 saturated heterocycles. The van der Waals surface area contributed by atoms with Crippen molar-refractivity contribution in [1.82, 2.24) is 62.6 Å². The Hall–Kier alpha value is -6.70. The summed E-state index contributed by atoms with van der Waals surface area (Å²) in [6.07, 6.45) is -1.93. The van der Waals surface area contributed by atoms with Crippen molar-refractivity contribution >= 4 is 108 Å².